The van der Waals surface area contributed by atoms with Crippen LogP contribution in [-0.2, 0) is 4.79 Å². The van der Waals surface area contributed by atoms with Gasteiger partial charge in [0.2, 0.25) is 0 Å². The molecule has 72 valence electrons. The Morgan fingerprint density at radius 2 is 2.21 bits per heavy atom. The zero-order valence-electron chi connectivity index (χ0n) is 7.73. The normalized spacial score (nSPS) is 12.9. The van der Waals surface area contributed by atoms with Crippen LogP contribution in [0, 0.1) is 0 Å². The van der Waals surface area contributed by atoms with Gasteiger partial charge in [-0.25, -0.2) is 0 Å². The van der Waals surface area contributed by atoms with E-state index in [2.05, 4.69) is 0 Å². The minimum atomic E-state index is -0.821. The van der Waals surface area contributed by atoms with Crippen molar-refractivity contribution in [3.63, 3.8) is 0 Å². The first-order chi connectivity index (χ1) is 6.70. The molecule has 0 radical (unpaired) electrons. The molecule has 3 nitrogen and oxygen atoms in total. The maximum Gasteiger partial charge on any atom is 0.310 e. The first-order valence-electron chi connectivity index (χ1n) is 4.39. The summed E-state index contributed by atoms with van der Waals surface area (Å²) in [6.07, 6.45) is 1.57. The molecule has 3 heteroatoms. The van der Waals surface area contributed by atoms with Crippen molar-refractivity contribution in [2.75, 3.05) is 0 Å². The summed E-state index contributed by atoms with van der Waals surface area (Å²) in [6, 6.07) is 7.24. The fourth-order valence-corrected chi connectivity index (χ4v) is 1.53. The largest absolute Gasteiger partial charge is 0.481 e. The van der Waals surface area contributed by atoms with Gasteiger partial charge in [-0.05, 0) is 24.6 Å². The summed E-state index contributed by atoms with van der Waals surface area (Å²) >= 11 is 0. The number of fused-ring (bicyclic) bond motifs is 1. The highest BCUT2D eigenvalue weighted by atomic mass is 16.4. The summed E-state index contributed by atoms with van der Waals surface area (Å²) in [5.41, 5.74) is 1.53. The van der Waals surface area contributed by atoms with Gasteiger partial charge in [-0.2, -0.15) is 0 Å². The molecule has 0 aliphatic carbocycles. The van der Waals surface area contributed by atoms with Crippen LogP contribution in [0.3, 0.4) is 0 Å². The molecule has 1 atom stereocenters. The summed E-state index contributed by atoms with van der Waals surface area (Å²) in [7, 11) is 0. The third-order valence-corrected chi connectivity index (χ3v) is 2.37. The minimum absolute atomic E-state index is 0.503. The monoisotopic (exact) mass is 190 g/mol. The predicted octanol–water partition coefficient (Wildman–Crippen LogP) is 2.62. The molecule has 0 amide bonds. The van der Waals surface area contributed by atoms with Crippen LogP contribution in [0.2, 0.25) is 0 Å². The average molecular weight is 190 g/mol. The summed E-state index contributed by atoms with van der Waals surface area (Å²) in [5.74, 6) is -1.32. The van der Waals surface area contributed by atoms with E-state index in [1.165, 1.54) is 0 Å². The lowest BCUT2D eigenvalue weighted by Crippen LogP contribution is -2.07. The second-order valence-electron chi connectivity index (χ2n) is 3.24. The molecule has 0 aliphatic rings. The molecular weight excluding hydrogens is 180 g/mol. The van der Waals surface area contributed by atoms with Crippen molar-refractivity contribution in [1.29, 1.82) is 0 Å². The van der Waals surface area contributed by atoms with Gasteiger partial charge in [0.15, 0.2) is 0 Å². The number of hydrogen-bond donors (Lipinski definition) is 1. The Labute approximate surface area is 81.0 Å². The van der Waals surface area contributed by atoms with Crippen LogP contribution < -0.4 is 0 Å². The summed E-state index contributed by atoms with van der Waals surface area (Å²) in [4.78, 5) is 10.8. The molecule has 1 heterocycles. The Balaban J connectivity index is 2.61. The van der Waals surface area contributed by atoms with Gasteiger partial charge >= 0.3 is 5.97 Å². The second-order valence-corrected chi connectivity index (χ2v) is 3.24. The fraction of sp³-hybridized carbons (Fsp3) is 0.182. The van der Waals surface area contributed by atoms with Crippen molar-refractivity contribution in [3.05, 3.63) is 36.1 Å². The highest BCUT2D eigenvalue weighted by Gasteiger charge is 2.16. The van der Waals surface area contributed by atoms with Crippen molar-refractivity contribution < 1.29 is 14.3 Å². The number of carboxylic acids is 1. The molecule has 0 fully saturated rings. The number of hydrogen-bond acceptors (Lipinski definition) is 2. The second kappa shape index (κ2) is 3.18. The number of benzene rings is 1. The van der Waals surface area contributed by atoms with Crippen LogP contribution in [0.15, 0.2) is 34.9 Å². The van der Waals surface area contributed by atoms with E-state index in [-0.39, 0.29) is 0 Å². The van der Waals surface area contributed by atoms with Crippen molar-refractivity contribution in [1.82, 2.24) is 0 Å². The van der Waals surface area contributed by atoms with Gasteiger partial charge in [0.1, 0.15) is 5.58 Å². The molecule has 0 bridgehead atoms. The first kappa shape index (κ1) is 8.81. The summed E-state index contributed by atoms with van der Waals surface area (Å²) in [5, 5.41) is 9.78. The molecule has 1 aromatic carbocycles. The molecular formula is C11H10O3. The van der Waals surface area contributed by atoms with E-state index < -0.39 is 11.9 Å². The van der Waals surface area contributed by atoms with Crippen LogP contribution >= 0.6 is 0 Å². The average Bonchev–Trinajstić information content (AvgIpc) is 2.63. The van der Waals surface area contributed by atoms with Gasteiger partial charge in [0.05, 0.1) is 12.2 Å². The Bertz CT molecular complexity index is 470. The Morgan fingerprint density at radius 3 is 2.93 bits per heavy atom. The Hall–Kier alpha value is -1.77. The van der Waals surface area contributed by atoms with Gasteiger partial charge in [-0.3, -0.25) is 4.79 Å². The predicted molar refractivity (Wildman–Crippen MR) is 52.3 cm³/mol. The van der Waals surface area contributed by atoms with E-state index in [0.29, 0.717) is 0 Å². The topological polar surface area (TPSA) is 50.4 Å². The Kier molecular flexibility index (Phi) is 2.00. The number of aliphatic carboxylic acids is 1. The van der Waals surface area contributed by atoms with Crippen molar-refractivity contribution >= 4 is 16.9 Å². The third kappa shape index (κ3) is 1.27. The summed E-state index contributed by atoms with van der Waals surface area (Å²) < 4.78 is 5.20. The van der Waals surface area contributed by atoms with E-state index in [9.17, 15) is 4.79 Å². The molecule has 2 rings (SSSR count). The zero-order chi connectivity index (χ0) is 10.1. The van der Waals surface area contributed by atoms with E-state index in [1.807, 2.05) is 12.1 Å². The van der Waals surface area contributed by atoms with Crippen LogP contribution in [0.1, 0.15) is 18.4 Å². The van der Waals surface area contributed by atoms with Gasteiger partial charge < -0.3 is 9.52 Å². The summed E-state index contributed by atoms with van der Waals surface area (Å²) in [6.45, 7) is 1.67. The van der Waals surface area contributed by atoms with Crippen LogP contribution in [0.4, 0.5) is 0 Å². The highest BCUT2D eigenvalue weighted by Crippen LogP contribution is 2.26. The van der Waals surface area contributed by atoms with Crippen molar-refractivity contribution in [3.8, 4) is 0 Å². The number of furan rings is 1. The number of carboxylic acid groups (broad SMARTS) is 1. The standard InChI is InChI=1S/C11H10O3/c1-7(11(12)13)8-3-2-4-10-9(8)5-6-14-10/h2-7H,1H3,(H,12,13). The fourth-order valence-electron chi connectivity index (χ4n) is 1.53. The highest BCUT2D eigenvalue weighted by molar-refractivity contribution is 5.87. The SMILES string of the molecule is CC(C(=O)O)c1cccc2occc12. The maximum atomic E-state index is 10.8. The van der Waals surface area contributed by atoms with Gasteiger partial charge in [-0.1, -0.05) is 12.1 Å². The molecule has 0 saturated heterocycles. The first-order valence-corrected chi connectivity index (χ1v) is 4.39. The maximum absolute atomic E-state index is 10.8. The molecule has 2 aromatic rings. The molecule has 0 saturated carbocycles. The lowest BCUT2D eigenvalue weighted by Gasteiger charge is -2.06. The van der Waals surface area contributed by atoms with E-state index in [4.69, 9.17) is 9.52 Å². The van der Waals surface area contributed by atoms with Crippen LogP contribution in [0.25, 0.3) is 11.0 Å². The van der Waals surface area contributed by atoms with Crippen molar-refractivity contribution in [2.45, 2.75) is 12.8 Å². The van der Waals surface area contributed by atoms with E-state index >= 15 is 0 Å². The van der Waals surface area contributed by atoms with Gasteiger partial charge in [-0.15, -0.1) is 0 Å². The molecule has 1 N–H and O–H groups in total. The smallest absolute Gasteiger partial charge is 0.310 e. The van der Waals surface area contributed by atoms with E-state index in [0.717, 1.165) is 16.5 Å². The number of rotatable bonds is 2. The minimum Gasteiger partial charge on any atom is -0.481 e. The molecule has 0 spiro atoms. The van der Waals surface area contributed by atoms with E-state index in [1.54, 1.807) is 25.3 Å². The van der Waals surface area contributed by atoms with Crippen molar-refractivity contribution in [2.24, 2.45) is 0 Å². The van der Waals surface area contributed by atoms with Gasteiger partial charge in [0, 0.05) is 5.39 Å². The lowest BCUT2D eigenvalue weighted by atomic mass is 9.98. The van der Waals surface area contributed by atoms with Crippen LogP contribution in [0.5, 0.6) is 0 Å². The van der Waals surface area contributed by atoms with Gasteiger partial charge in [0.25, 0.3) is 0 Å². The Morgan fingerprint density at radius 1 is 1.43 bits per heavy atom. The number of carbonyl (C=O) groups is 1. The van der Waals surface area contributed by atoms with Crippen LogP contribution in [-0.4, -0.2) is 11.1 Å². The molecule has 1 aromatic heterocycles. The molecule has 14 heavy (non-hydrogen) atoms. The third-order valence-electron chi connectivity index (χ3n) is 2.37. The quantitative estimate of drug-likeness (QED) is 0.791. The zero-order valence-corrected chi connectivity index (χ0v) is 7.73. The molecule has 1 unspecified atom stereocenters. The molecule has 0 aliphatic heterocycles. The lowest BCUT2D eigenvalue weighted by molar-refractivity contribution is -0.138.